The van der Waals surface area contributed by atoms with E-state index >= 15 is 0 Å². The summed E-state index contributed by atoms with van der Waals surface area (Å²) < 4.78 is 0. The van der Waals surface area contributed by atoms with Gasteiger partial charge in [-0.1, -0.05) is 0 Å². The summed E-state index contributed by atoms with van der Waals surface area (Å²) in [6, 6.07) is 0. The minimum atomic E-state index is 1.45. The van der Waals surface area contributed by atoms with Crippen molar-refractivity contribution >= 4 is 0 Å². The van der Waals surface area contributed by atoms with E-state index in [0.29, 0.717) is 0 Å². The van der Waals surface area contributed by atoms with Gasteiger partial charge in [-0.3, -0.25) is 0 Å². The van der Waals surface area contributed by atoms with Gasteiger partial charge in [0, 0.05) is 0 Å². The van der Waals surface area contributed by atoms with E-state index in [4.69, 9.17) is 10.5 Å². The van der Waals surface area contributed by atoms with Crippen molar-refractivity contribution in [2.24, 2.45) is 0 Å². The Morgan fingerprint density at radius 2 is 1.22 bits per heavy atom. The van der Waals surface area contributed by atoms with Gasteiger partial charge in [0.05, 0.1) is 0 Å². The fourth-order valence-electron chi connectivity index (χ4n) is 0.0921. The normalized spacial score (nSPS) is 10.0. The van der Waals surface area contributed by atoms with Gasteiger partial charge in [0.1, 0.15) is 0 Å². The van der Waals surface area contributed by atoms with Gasteiger partial charge in [0.15, 0.2) is 0 Å². The van der Waals surface area contributed by atoms with E-state index in [9.17, 15) is 0 Å². The molecule has 5 N–H and O–H groups in total. The van der Waals surface area contributed by atoms with Gasteiger partial charge in [0.2, 0.25) is 0 Å². The van der Waals surface area contributed by atoms with Crippen molar-refractivity contribution < 1.29 is 30.4 Å². The van der Waals surface area contributed by atoms with Crippen LogP contribution in [-0.2, 0) is 19.9 Å². The maximum absolute atomic E-state index is 7.49. The molecule has 9 heteroatoms. The van der Waals surface area contributed by atoms with Crippen molar-refractivity contribution in [3.8, 4) is 0 Å². The van der Waals surface area contributed by atoms with Gasteiger partial charge in [-0.2, -0.15) is 9.88 Å². The summed E-state index contributed by atoms with van der Waals surface area (Å²) in [6.45, 7) is 0. The van der Waals surface area contributed by atoms with E-state index in [0.717, 1.165) is 0 Å². The number of hydrogen-bond donors (Lipinski definition) is 5. The Morgan fingerprint density at radius 3 is 1.56 bits per heavy atom. The molecule has 0 spiro atoms. The van der Waals surface area contributed by atoms with Gasteiger partial charge < -0.3 is 0 Å². The van der Waals surface area contributed by atoms with Crippen LogP contribution < -0.4 is 16.9 Å². The predicted octanol–water partition coefficient (Wildman–Crippen LogP) is -1.74. The highest BCUT2D eigenvalue weighted by atomic mass is 17.3. The molecule has 0 atom stereocenters. The zero-order chi connectivity index (χ0) is 6.95. The summed E-state index contributed by atoms with van der Waals surface area (Å²) in [5.74, 6) is 0. The van der Waals surface area contributed by atoms with Gasteiger partial charge in [-0.05, 0) is 16.9 Å². The highest BCUT2D eigenvalue weighted by Gasteiger charge is 1.81. The maximum Gasteiger partial charge on any atom is -0.0244 e. The van der Waals surface area contributed by atoms with Crippen LogP contribution in [0.4, 0.5) is 0 Å². The van der Waals surface area contributed by atoms with Crippen molar-refractivity contribution in [1.29, 1.82) is 0 Å². The van der Waals surface area contributed by atoms with E-state index in [2.05, 4.69) is 19.9 Å². The molecule has 9 heavy (non-hydrogen) atoms. The summed E-state index contributed by atoms with van der Waals surface area (Å²) in [4.78, 5) is 14.0. The van der Waals surface area contributed by atoms with Crippen LogP contribution in [-0.4, -0.2) is 10.5 Å². The summed E-state index contributed by atoms with van der Waals surface area (Å²) >= 11 is 0. The van der Waals surface area contributed by atoms with Crippen molar-refractivity contribution in [2.75, 3.05) is 0 Å². The number of nitrogens with one attached hydrogen (secondary N) is 3. The Balaban J connectivity index is 2.60. The average molecular weight is 143 g/mol. The first-order valence-electron chi connectivity index (χ1n) is 1.59. The molecule has 0 saturated heterocycles. The maximum atomic E-state index is 7.49. The topological polar surface area (TPSA) is 113 Å². The van der Waals surface area contributed by atoms with Crippen LogP contribution in [0, 0.1) is 0 Å². The quantitative estimate of drug-likeness (QED) is 0.168. The lowest BCUT2D eigenvalue weighted by Gasteiger charge is -2.00. The molecule has 0 aliphatic rings. The third-order valence-electron chi connectivity index (χ3n) is 0.241. The lowest BCUT2D eigenvalue weighted by molar-refractivity contribution is -0.450. The van der Waals surface area contributed by atoms with Gasteiger partial charge >= 0.3 is 0 Å². The molecule has 0 bridgehead atoms. The molecule has 0 saturated carbocycles. The van der Waals surface area contributed by atoms with Crippen LogP contribution >= 0.6 is 0 Å². The second-order valence-corrected chi connectivity index (χ2v) is 0.637. The first-order chi connectivity index (χ1) is 4.41. The van der Waals surface area contributed by atoms with Crippen molar-refractivity contribution in [3.63, 3.8) is 0 Å². The summed E-state index contributed by atoms with van der Waals surface area (Å²) in [7, 11) is 0. The summed E-state index contributed by atoms with van der Waals surface area (Å²) in [6.07, 6.45) is 0. The monoisotopic (exact) mass is 143 g/mol. The highest BCUT2D eigenvalue weighted by Crippen LogP contribution is 1.56. The number of hydrogen-bond acceptors (Lipinski definition) is 9. The van der Waals surface area contributed by atoms with E-state index in [-0.39, 0.29) is 0 Å². The lowest BCUT2D eigenvalue weighted by Crippen LogP contribution is -2.30. The molecule has 0 fully saturated rings. The smallest absolute Gasteiger partial charge is 0.0244 e. The third kappa shape index (κ3) is 7.64. The van der Waals surface area contributed by atoms with E-state index < -0.39 is 0 Å². The Kier molecular flexibility index (Phi) is 7.33. The minimum absolute atomic E-state index is 1.45. The minimum Gasteiger partial charge on any atom is -0.231 e. The first-order valence-corrected chi connectivity index (χ1v) is 1.59. The SMILES string of the molecule is OONONONOO. The van der Waals surface area contributed by atoms with Crippen LogP contribution in [0.3, 0.4) is 0 Å². The number of rotatable bonds is 6. The zero-order valence-electron chi connectivity index (χ0n) is 4.03. The lowest BCUT2D eigenvalue weighted by atomic mass is 12.9. The van der Waals surface area contributed by atoms with E-state index in [1.54, 1.807) is 5.64 Å². The molecular weight excluding hydrogens is 138 g/mol. The molecular formula is H5N3O6. The van der Waals surface area contributed by atoms with Gasteiger partial charge in [0.25, 0.3) is 0 Å². The molecule has 0 heterocycles. The molecule has 56 valence electrons. The largest absolute Gasteiger partial charge is 0.231 e. The van der Waals surface area contributed by atoms with Crippen molar-refractivity contribution in [3.05, 3.63) is 0 Å². The van der Waals surface area contributed by atoms with Crippen LogP contribution in [0.15, 0.2) is 0 Å². The van der Waals surface area contributed by atoms with Crippen LogP contribution in [0.1, 0.15) is 0 Å². The first kappa shape index (κ1) is 8.64. The predicted molar refractivity (Wildman–Crippen MR) is 19.0 cm³/mol. The van der Waals surface area contributed by atoms with Crippen molar-refractivity contribution in [1.82, 2.24) is 16.9 Å². The van der Waals surface area contributed by atoms with Crippen LogP contribution in [0.25, 0.3) is 0 Å². The third-order valence-corrected chi connectivity index (χ3v) is 0.241. The molecule has 0 aliphatic heterocycles. The van der Waals surface area contributed by atoms with Crippen LogP contribution in [0.5, 0.6) is 0 Å². The van der Waals surface area contributed by atoms with Gasteiger partial charge in [-0.25, -0.2) is 10.5 Å². The molecule has 0 radical (unpaired) electrons. The Labute approximate surface area is 48.6 Å². The highest BCUT2D eigenvalue weighted by molar-refractivity contribution is 3.58. The molecule has 0 aromatic carbocycles. The van der Waals surface area contributed by atoms with E-state index in [1.807, 2.05) is 0 Å². The Morgan fingerprint density at radius 1 is 0.778 bits per heavy atom. The second kappa shape index (κ2) is 7.64. The van der Waals surface area contributed by atoms with Crippen molar-refractivity contribution in [2.45, 2.75) is 0 Å². The molecule has 0 amide bonds. The molecule has 9 nitrogen and oxygen atoms in total. The second-order valence-electron chi connectivity index (χ2n) is 0.637. The molecule has 0 aliphatic carbocycles. The summed E-state index contributed by atoms with van der Waals surface area (Å²) in [5, 5.41) is 15.0. The Hall–Kier alpha value is -0.360. The summed E-state index contributed by atoms with van der Waals surface area (Å²) in [5.41, 5.74) is 4.49. The molecule has 0 aromatic heterocycles. The molecule has 0 unspecified atom stereocenters. The Bertz CT molecular complexity index is 41.6. The fourth-order valence-corrected chi connectivity index (χ4v) is 0.0921. The molecule has 0 rings (SSSR count). The van der Waals surface area contributed by atoms with E-state index in [1.165, 1.54) is 11.3 Å². The zero-order valence-corrected chi connectivity index (χ0v) is 4.03. The van der Waals surface area contributed by atoms with Crippen LogP contribution in [0.2, 0.25) is 0 Å². The fraction of sp³-hybridized carbons (Fsp3) is 0. The standard InChI is InChI=1S/H5N3O6/c4-8-2-6-1-7-3-9-5/h1-5H. The molecule has 0 aromatic rings. The average Bonchev–Trinajstić information content (AvgIpc) is 1.89. The van der Waals surface area contributed by atoms with Gasteiger partial charge in [-0.15, -0.1) is 9.98 Å².